The predicted octanol–water partition coefficient (Wildman–Crippen LogP) is 5.60. The Morgan fingerprint density at radius 2 is 1.19 bits per heavy atom. The molecule has 0 spiro atoms. The van der Waals surface area contributed by atoms with Crippen molar-refractivity contribution < 1.29 is 0 Å². The van der Waals surface area contributed by atoms with Crippen molar-refractivity contribution in [1.29, 1.82) is 0 Å². The first-order valence-electron chi connectivity index (χ1n) is 11.3. The van der Waals surface area contributed by atoms with Crippen LogP contribution >= 0.6 is 0 Å². The van der Waals surface area contributed by atoms with Crippen LogP contribution in [0, 0.1) is 0 Å². The lowest BCUT2D eigenvalue weighted by Gasteiger charge is -2.23. The molecule has 27 heavy (non-hydrogen) atoms. The van der Waals surface area contributed by atoms with E-state index in [0.717, 1.165) is 25.9 Å². The van der Waals surface area contributed by atoms with Crippen molar-refractivity contribution in [3.05, 3.63) is 0 Å². The van der Waals surface area contributed by atoms with Gasteiger partial charge in [0, 0.05) is 19.1 Å². The van der Waals surface area contributed by atoms with Crippen LogP contribution in [0.1, 0.15) is 97.3 Å². The summed E-state index contributed by atoms with van der Waals surface area (Å²) in [5.41, 5.74) is 0. The number of nitrogens with one attached hydrogen (secondary N) is 3. The SMILES string of the molecule is CCCCCCNc1nc(NCCCCCC)nc(NC2CCCCC2)n1. The normalized spacial score (nSPS) is 14.9. The molecule has 154 valence electrons. The van der Waals surface area contributed by atoms with Crippen molar-refractivity contribution in [2.24, 2.45) is 0 Å². The van der Waals surface area contributed by atoms with E-state index in [1.807, 2.05) is 0 Å². The number of rotatable bonds is 14. The van der Waals surface area contributed by atoms with Gasteiger partial charge in [0.2, 0.25) is 17.8 Å². The van der Waals surface area contributed by atoms with Crippen LogP contribution in [0.3, 0.4) is 0 Å². The monoisotopic (exact) mass is 376 g/mol. The molecule has 0 bridgehead atoms. The smallest absolute Gasteiger partial charge is 0.229 e. The molecule has 0 aromatic carbocycles. The van der Waals surface area contributed by atoms with E-state index in [2.05, 4.69) is 44.7 Å². The third kappa shape index (κ3) is 9.25. The van der Waals surface area contributed by atoms with Gasteiger partial charge >= 0.3 is 0 Å². The van der Waals surface area contributed by atoms with E-state index in [4.69, 9.17) is 0 Å². The van der Waals surface area contributed by atoms with E-state index in [9.17, 15) is 0 Å². The van der Waals surface area contributed by atoms with Gasteiger partial charge in [-0.05, 0) is 25.7 Å². The lowest BCUT2D eigenvalue weighted by Crippen LogP contribution is -2.24. The van der Waals surface area contributed by atoms with Crippen LogP contribution in [0.25, 0.3) is 0 Å². The van der Waals surface area contributed by atoms with Crippen LogP contribution in [0.15, 0.2) is 0 Å². The molecule has 0 amide bonds. The molecule has 1 aromatic heterocycles. The van der Waals surface area contributed by atoms with Crippen molar-refractivity contribution in [1.82, 2.24) is 15.0 Å². The summed E-state index contributed by atoms with van der Waals surface area (Å²) in [7, 11) is 0. The third-order valence-electron chi connectivity index (χ3n) is 5.20. The maximum atomic E-state index is 4.62. The Hall–Kier alpha value is -1.59. The highest BCUT2D eigenvalue weighted by Gasteiger charge is 2.15. The molecule has 0 unspecified atom stereocenters. The zero-order valence-electron chi connectivity index (χ0n) is 17.5. The highest BCUT2D eigenvalue weighted by atomic mass is 15.3. The fraction of sp³-hybridized carbons (Fsp3) is 0.857. The molecule has 0 aliphatic heterocycles. The van der Waals surface area contributed by atoms with Gasteiger partial charge in [-0.25, -0.2) is 0 Å². The predicted molar refractivity (Wildman–Crippen MR) is 116 cm³/mol. The molecule has 1 fully saturated rings. The average Bonchev–Trinajstić information content (AvgIpc) is 2.68. The molecule has 0 saturated heterocycles. The Balaban J connectivity index is 1.90. The van der Waals surface area contributed by atoms with E-state index in [1.54, 1.807) is 0 Å². The Kier molecular flexibility index (Phi) is 10.9. The molecule has 1 aromatic rings. The molecule has 1 heterocycles. The summed E-state index contributed by atoms with van der Waals surface area (Å²) in [4.78, 5) is 13.8. The highest BCUT2D eigenvalue weighted by Crippen LogP contribution is 2.21. The Morgan fingerprint density at radius 1 is 0.667 bits per heavy atom. The van der Waals surface area contributed by atoms with E-state index in [-0.39, 0.29) is 0 Å². The van der Waals surface area contributed by atoms with Gasteiger partial charge in [-0.15, -0.1) is 0 Å². The van der Waals surface area contributed by atoms with Crippen LogP contribution in [-0.4, -0.2) is 34.1 Å². The fourth-order valence-corrected chi connectivity index (χ4v) is 3.53. The van der Waals surface area contributed by atoms with E-state index in [0.29, 0.717) is 23.9 Å². The Labute approximate surface area is 165 Å². The molecule has 6 nitrogen and oxygen atoms in total. The minimum absolute atomic E-state index is 0.496. The van der Waals surface area contributed by atoms with Crippen molar-refractivity contribution in [3.8, 4) is 0 Å². The molecule has 1 saturated carbocycles. The number of nitrogens with zero attached hydrogens (tertiary/aromatic N) is 3. The lowest BCUT2D eigenvalue weighted by molar-refractivity contribution is 0.461. The zero-order chi connectivity index (χ0) is 19.2. The van der Waals surface area contributed by atoms with Gasteiger partial charge in [-0.1, -0.05) is 71.6 Å². The second-order valence-corrected chi connectivity index (χ2v) is 7.76. The second kappa shape index (κ2) is 13.6. The van der Waals surface area contributed by atoms with Gasteiger partial charge in [-0.3, -0.25) is 0 Å². The molecule has 2 rings (SSSR count). The summed E-state index contributed by atoms with van der Waals surface area (Å²) in [6.45, 7) is 6.31. The van der Waals surface area contributed by atoms with Gasteiger partial charge in [0.05, 0.1) is 0 Å². The van der Waals surface area contributed by atoms with Crippen LogP contribution in [0.5, 0.6) is 0 Å². The molecule has 1 aliphatic carbocycles. The van der Waals surface area contributed by atoms with Crippen molar-refractivity contribution in [2.75, 3.05) is 29.0 Å². The number of hydrogen-bond donors (Lipinski definition) is 3. The maximum Gasteiger partial charge on any atom is 0.229 e. The van der Waals surface area contributed by atoms with Gasteiger partial charge < -0.3 is 16.0 Å². The number of anilines is 3. The molecule has 1 aliphatic rings. The fourth-order valence-electron chi connectivity index (χ4n) is 3.53. The third-order valence-corrected chi connectivity index (χ3v) is 5.20. The van der Waals surface area contributed by atoms with Crippen molar-refractivity contribution in [3.63, 3.8) is 0 Å². The maximum absolute atomic E-state index is 4.62. The molecular formula is C21H40N6. The molecule has 0 atom stereocenters. The first-order chi connectivity index (χ1) is 13.3. The average molecular weight is 377 g/mol. The van der Waals surface area contributed by atoms with Crippen LogP contribution < -0.4 is 16.0 Å². The van der Waals surface area contributed by atoms with Gasteiger partial charge in [0.25, 0.3) is 0 Å². The van der Waals surface area contributed by atoms with Crippen molar-refractivity contribution in [2.45, 2.75) is 103 Å². The molecular weight excluding hydrogens is 336 g/mol. The molecule has 6 heteroatoms. The summed E-state index contributed by atoms with van der Waals surface area (Å²) in [6.07, 6.45) is 16.3. The van der Waals surface area contributed by atoms with Crippen molar-refractivity contribution >= 4 is 17.8 Å². The summed E-state index contributed by atoms with van der Waals surface area (Å²) in [5, 5.41) is 10.3. The van der Waals surface area contributed by atoms with E-state index < -0.39 is 0 Å². The topological polar surface area (TPSA) is 74.8 Å². The Bertz CT molecular complexity index is 469. The van der Waals surface area contributed by atoms with Gasteiger partial charge in [0.1, 0.15) is 0 Å². The standard InChI is InChI=1S/C21H40N6/c1-3-5-7-12-16-22-19-25-20(23-17-13-8-6-4-2)27-21(26-19)24-18-14-10-9-11-15-18/h18H,3-17H2,1-2H3,(H3,22,23,24,25,26,27). The van der Waals surface area contributed by atoms with Gasteiger partial charge in [0.15, 0.2) is 0 Å². The van der Waals surface area contributed by atoms with Crippen LogP contribution in [0.4, 0.5) is 17.8 Å². The minimum atomic E-state index is 0.496. The van der Waals surface area contributed by atoms with E-state index >= 15 is 0 Å². The minimum Gasteiger partial charge on any atom is -0.354 e. The first kappa shape index (κ1) is 21.7. The highest BCUT2D eigenvalue weighted by molar-refractivity contribution is 5.42. The summed E-state index contributed by atoms with van der Waals surface area (Å²) >= 11 is 0. The quantitative estimate of drug-likeness (QED) is 0.367. The van der Waals surface area contributed by atoms with Gasteiger partial charge in [-0.2, -0.15) is 15.0 Å². The molecule has 3 N–H and O–H groups in total. The largest absolute Gasteiger partial charge is 0.354 e. The Morgan fingerprint density at radius 3 is 1.70 bits per heavy atom. The second-order valence-electron chi connectivity index (χ2n) is 7.76. The summed E-state index contributed by atoms with van der Waals surface area (Å²) in [6, 6.07) is 0.496. The molecule has 0 radical (unpaired) electrons. The summed E-state index contributed by atoms with van der Waals surface area (Å²) < 4.78 is 0. The van der Waals surface area contributed by atoms with E-state index in [1.165, 1.54) is 70.6 Å². The summed E-state index contributed by atoms with van der Waals surface area (Å²) in [5.74, 6) is 2.09. The number of unbranched alkanes of at least 4 members (excludes halogenated alkanes) is 6. The lowest BCUT2D eigenvalue weighted by atomic mass is 9.96. The zero-order valence-corrected chi connectivity index (χ0v) is 17.5. The van der Waals surface area contributed by atoms with Crippen LogP contribution in [-0.2, 0) is 0 Å². The number of hydrogen-bond acceptors (Lipinski definition) is 6. The number of aromatic nitrogens is 3. The first-order valence-corrected chi connectivity index (χ1v) is 11.3. The van der Waals surface area contributed by atoms with Crippen LogP contribution in [0.2, 0.25) is 0 Å².